The molecule has 3 N–H and O–H groups in total. The minimum atomic E-state index is -3.84. The van der Waals surface area contributed by atoms with E-state index in [4.69, 9.17) is 0 Å². The first-order chi connectivity index (χ1) is 6.50. The number of benzene rings is 1. The van der Waals surface area contributed by atoms with E-state index in [9.17, 15) is 18.3 Å². The Morgan fingerprint density at radius 1 is 1.29 bits per heavy atom. The zero-order valence-electron chi connectivity index (χ0n) is 6.81. The van der Waals surface area contributed by atoms with Crippen LogP contribution in [0.25, 0.3) is 0 Å². The minimum Gasteiger partial charge on any atom is -0.506 e. The van der Waals surface area contributed by atoms with Gasteiger partial charge in [-0.1, -0.05) is 6.07 Å². The molecule has 2 rings (SSSR count). The largest absolute Gasteiger partial charge is 0.506 e. The monoisotopic (exact) mass is 214 g/mol. The number of rotatable bonds is 0. The van der Waals surface area contributed by atoms with Gasteiger partial charge in [-0.15, -0.1) is 0 Å². The number of sulfonamides is 1. The number of nitrogens with one attached hydrogen (secondary N) is 2. The molecule has 0 aliphatic carbocycles. The maximum Gasteiger partial charge on any atom is 0.333 e. The van der Waals surface area contributed by atoms with Crippen LogP contribution in [-0.4, -0.2) is 19.6 Å². The fourth-order valence-electron chi connectivity index (χ4n) is 1.19. The summed E-state index contributed by atoms with van der Waals surface area (Å²) >= 11 is 0. The number of aromatic hydroxyl groups is 1. The molecule has 1 heterocycles. The van der Waals surface area contributed by atoms with Crippen LogP contribution in [0.2, 0.25) is 0 Å². The van der Waals surface area contributed by atoms with Crippen LogP contribution >= 0.6 is 0 Å². The van der Waals surface area contributed by atoms with Crippen LogP contribution in [0.15, 0.2) is 23.1 Å². The van der Waals surface area contributed by atoms with E-state index in [-0.39, 0.29) is 16.3 Å². The molecule has 74 valence electrons. The lowest BCUT2D eigenvalue weighted by Crippen LogP contribution is -2.39. The Kier molecular flexibility index (Phi) is 1.65. The summed E-state index contributed by atoms with van der Waals surface area (Å²) in [4.78, 5) is 10.7. The Hall–Kier alpha value is -1.76. The number of urea groups is 1. The molecule has 0 saturated heterocycles. The number of anilines is 1. The van der Waals surface area contributed by atoms with Gasteiger partial charge in [-0.2, -0.15) is 0 Å². The van der Waals surface area contributed by atoms with Crippen molar-refractivity contribution < 1.29 is 18.3 Å². The summed E-state index contributed by atoms with van der Waals surface area (Å²) in [5, 5.41) is 11.5. The predicted molar refractivity (Wildman–Crippen MR) is 47.4 cm³/mol. The second-order valence-electron chi connectivity index (χ2n) is 2.71. The van der Waals surface area contributed by atoms with Crippen molar-refractivity contribution in [3.8, 4) is 5.75 Å². The minimum absolute atomic E-state index is 0.0868. The Morgan fingerprint density at radius 2 is 2.00 bits per heavy atom. The van der Waals surface area contributed by atoms with Gasteiger partial charge < -0.3 is 10.4 Å². The van der Waals surface area contributed by atoms with Gasteiger partial charge in [-0.25, -0.2) is 17.9 Å². The normalized spacial score (nSPS) is 17.9. The van der Waals surface area contributed by atoms with Crippen molar-refractivity contribution in [2.45, 2.75) is 4.90 Å². The number of amides is 2. The van der Waals surface area contributed by atoms with Gasteiger partial charge >= 0.3 is 6.03 Å². The lowest BCUT2D eigenvalue weighted by atomic mass is 10.3. The van der Waals surface area contributed by atoms with Gasteiger partial charge in [0, 0.05) is 0 Å². The van der Waals surface area contributed by atoms with Crippen LogP contribution in [0.3, 0.4) is 0 Å². The molecule has 1 aliphatic heterocycles. The second kappa shape index (κ2) is 2.61. The first kappa shape index (κ1) is 8.82. The van der Waals surface area contributed by atoms with Gasteiger partial charge in [-0.05, 0) is 12.1 Å². The highest BCUT2D eigenvalue weighted by molar-refractivity contribution is 7.90. The highest BCUT2D eigenvalue weighted by Gasteiger charge is 2.29. The number of hydrogen-bond donors (Lipinski definition) is 3. The summed E-state index contributed by atoms with van der Waals surface area (Å²) in [6, 6.07) is 3.08. The van der Waals surface area contributed by atoms with E-state index in [2.05, 4.69) is 5.32 Å². The van der Waals surface area contributed by atoms with Crippen LogP contribution in [0.4, 0.5) is 10.5 Å². The first-order valence-corrected chi connectivity index (χ1v) is 5.15. The summed E-state index contributed by atoms with van der Waals surface area (Å²) in [6.45, 7) is 0. The summed E-state index contributed by atoms with van der Waals surface area (Å²) in [5.74, 6) is -0.277. The zero-order chi connectivity index (χ0) is 10.3. The quantitative estimate of drug-likeness (QED) is 0.538. The van der Waals surface area contributed by atoms with Gasteiger partial charge in [-0.3, -0.25) is 0 Å². The SMILES string of the molecule is O=C1Nc2c(O)cccc2S(=O)(=O)N1. The Labute approximate surface area is 79.6 Å². The number of carbonyl (C=O) groups is 1. The molecule has 1 aliphatic rings. The van der Waals surface area contributed by atoms with Crippen molar-refractivity contribution >= 4 is 21.7 Å². The number of phenols is 1. The molecule has 0 bridgehead atoms. The number of carbonyl (C=O) groups excluding carboxylic acids is 1. The van der Waals surface area contributed by atoms with Gasteiger partial charge in [0.15, 0.2) is 0 Å². The summed E-state index contributed by atoms with van der Waals surface area (Å²) in [6.07, 6.45) is 0. The van der Waals surface area contributed by atoms with Crippen molar-refractivity contribution in [3.05, 3.63) is 18.2 Å². The third-order valence-electron chi connectivity index (χ3n) is 1.76. The third kappa shape index (κ3) is 1.18. The highest BCUT2D eigenvalue weighted by Crippen LogP contribution is 2.32. The fraction of sp³-hybridized carbons (Fsp3) is 0. The lowest BCUT2D eigenvalue weighted by Gasteiger charge is -2.18. The molecule has 1 aromatic carbocycles. The van der Waals surface area contributed by atoms with Crippen LogP contribution < -0.4 is 10.0 Å². The highest BCUT2D eigenvalue weighted by atomic mass is 32.2. The van der Waals surface area contributed by atoms with Gasteiger partial charge in [0.1, 0.15) is 16.3 Å². The molecule has 1 aromatic rings. The van der Waals surface area contributed by atoms with Crippen molar-refractivity contribution in [1.29, 1.82) is 0 Å². The standard InChI is InChI=1S/C7H6N2O4S/c10-4-2-1-3-5-6(4)8-7(11)9-14(5,12)13/h1-3,10H,(H2,8,9,11). The molecule has 6 nitrogen and oxygen atoms in total. The van der Waals surface area contributed by atoms with Crippen LogP contribution in [-0.2, 0) is 10.0 Å². The van der Waals surface area contributed by atoms with Crippen LogP contribution in [0.1, 0.15) is 0 Å². The maximum absolute atomic E-state index is 11.4. The second-order valence-corrected chi connectivity index (χ2v) is 4.36. The van der Waals surface area contributed by atoms with Crippen molar-refractivity contribution in [3.63, 3.8) is 0 Å². The number of phenolic OH excluding ortho intramolecular Hbond substituents is 1. The van der Waals surface area contributed by atoms with Gasteiger partial charge in [0.05, 0.1) is 0 Å². The van der Waals surface area contributed by atoms with E-state index in [0.717, 1.165) is 0 Å². The fourth-order valence-corrected chi connectivity index (χ4v) is 2.27. The summed E-state index contributed by atoms with van der Waals surface area (Å²) in [7, 11) is -3.84. The molecule has 0 radical (unpaired) electrons. The molecule has 0 unspecified atom stereocenters. The van der Waals surface area contributed by atoms with Crippen molar-refractivity contribution in [2.24, 2.45) is 0 Å². The van der Waals surface area contributed by atoms with Crippen LogP contribution in [0, 0.1) is 0 Å². The molecule has 0 spiro atoms. The summed E-state index contributed by atoms with van der Waals surface area (Å²) < 4.78 is 24.5. The van der Waals surface area contributed by atoms with E-state index < -0.39 is 16.1 Å². The predicted octanol–water partition coefficient (Wildman–Crippen LogP) is 0.216. The van der Waals surface area contributed by atoms with E-state index in [1.807, 2.05) is 0 Å². The van der Waals surface area contributed by atoms with Crippen molar-refractivity contribution in [2.75, 3.05) is 5.32 Å². The average molecular weight is 214 g/mol. The van der Waals surface area contributed by atoms with Gasteiger partial charge in [0.25, 0.3) is 10.0 Å². The van der Waals surface area contributed by atoms with E-state index in [1.165, 1.54) is 18.2 Å². The molecule has 2 amide bonds. The van der Waals surface area contributed by atoms with E-state index >= 15 is 0 Å². The molecule has 0 fully saturated rings. The number of fused-ring (bicyclic) bond motifs is 1. The molecule has 0 atom stereocenters. The zero-order valence-corrected chi connectivity index (χ0v) is 7.63. The molecule has 7 heteroatoms. The Balaban J connectivity index is 2.76. The first-order valence-electron chi connectivity index (χ1n) is 3.66. The van der Waals surface area contributed by atoms with E-state index in [0.29, 0.717) is 0 Å². The van der Waals surface area contributed by atoms with E-state index in [1.54, 1.807) is 4.72 Å². The Bertz CT molecular complexity index is 508. The Morgan fingerprint density at radius 3 is 2.71 bits per heavy atom. The smallest absolute Gasteiger partial charge is 0.333 e. The molecular weight excluding hydrogens is 208 g/mol. The van der Waals surface area contributed by atoms with Gasteiger partial charge in [0.2, 0.25) is 0 Å². The molecule has 0 saturated carbocycles. The molecule has 14 heavy (non-hydrogen) atoms. The molecular formula is C7H6N2O4S. The average Bonchev–Trinajstić information content (AvgIpc) is 2.05. The van der Waals surface area contributed by atoms with Crippen LogP contribution in [0.5, 0.6) is 5.75 Å². The number of para-hydroxylation sites is 1. The van der Waals surface area contributed by atoms with Crippen molar-refractivity contribution in [1.82, 2.24) is 4.72 Å². The molecule has 0 aromatic heterocycles. The third-order valence-corrected chi connectivity index (χ3v) is 3.13. The number of hydrogen-bond acceptors (Lipinski definition) is 4. The topological polar surface area (TPSA) is 95.5 Å². The maximum atomic E-state index is 11.4. The summed E-state index contributed by atoms with van der Waals surface area (Å²) in [5.41, 5.74) is -0.0868. The lowest BCUT2D eigenvalue weighted by molar-refractivity contribution is 0.256.